The molecule has 0 fully saturated rings. The minimum absolute atomic E-state index is 0.516. The van der Waals surface area contributed by atoms with Crippen molar-refractivity contribution in [1.82, 2.24) is 54.0 Å². The molecule has 0 aliphatic heterocycles. The molecule has 0 saturated heterocycles. The van der Waals surface area contributed by atoms with Crippen LogP contribution in [0.1, 0.15) is 5.56 Å². The number of hydrogen-bond acceptors (Lipinski definition) is 10. The molecule has 5 heterocycles. The van der Waals surface area contributed by atoms with E-state index in [0.717, 1.165) is 127 Å². The Morgan fingerprint density at radius 2 is 0.460 bits per heavy atom. The molecule has 18 aromatic rings. The third-order valence-corrected chi connectivity index (χ3v) is 18.3. The average molecular weight is 1280 g/mol. The smallest absolute Gasteiger partial charge is 0.164 e. The Labute approximate surface area is 574 Å². The van der Waals surface area contributed by atoms with Gasteiger partial charge in [0.25, 0.3) is 0 Å². The molecule has 13 aromatic carbocycles. The van der Waals surface area contributed by atoms with Crippen molar-refractivity contribution in [3.8, 4) is 142 Å². The number of benzene rings is 13. The van der Waals surface area contributed by atoms with Crippen molar-refractivity contribution >= 4 is 43.6 Å². The fraction of sp³-hybridized carbons (Fsp3) is 0. The second-order valence-corrected chi connectivity index (χ2v) is 24.4. The van der Waals surface area contributed by atoms with E-state index in [2.05, 4.69) is 143 Å². The van der Waals surface area contributed by atoms with Crippen LogP contribution in [0.15, 0.2) is 328 Å². The van der Waals surface area contributed by atoms with Crippen LogP contribution in [0.25, 0.3) is 180 Å². The molecule has 0 aliphatic rings. The lowest BCUT2D eigenvalue weighted by molar-refractivity contribution is 1.07. The third-order valence-electron chi connectivity index (χ3n) is 18.3. The van der Waals surface area contributed by atoms with E-state index in [0.29, 0.717) is 58.0 Å². The van der Waals surface area contributed by atoms with Crippen molar-refractivity contribution in [2.45, 2.75) is 0 Å². The quantitative estimate of drug-likeness (QED) is 0.109. The highest BCUT2D eigenvalue weighted by Gasteiger charge is 2.24. The summed E-state index contributed by atoms with van der Waals surface area (Å²) in [7, 11) is 0. The van der Waals surface area contributed by atoms with Gasteiger partial charge in [0.1, 0.15) is 0 Å². The molecule has 18 rings (SSSR count). The van der Waals surface area contributed by atoms with Crippen LogP contribution >= 0.6 is 0 Å². The second kappa shape index (κ2) is 25.0. The van der Waals surface area contributed by atoms with Crippen LogP contribution in [0.4, 0.5) is 0 Å². The maximum atomic E-state index is 10.6. The first-order valence-electron chi connectivity index (χ1n) is 33.0. The zero-order valence-corrected chi connectivity index (χ0v) is 53.5. The van der Waals surface area contributed by atoms with Crippen LogP contribution < -0.4 is 0 Å². The van der Waals surface area contributed by atoms with Gasteiger partial charge < -0.3 is 9.13 Å². The summed E-state index contributed by atoms with van der Waals surface area (Å²) in [6, 6.07) is 114. The molecule has 0 spiro atoms. The average Bonchev–Trinajstić information content (AvgIpc) is 1.57. The van der Waals surface area contributed by atoms with Gasteiger partial charge in [-0.2, -0.15) is 5.26 Å². The van der Waals surface area contributed by atoms with E-state index < -0.39 is 0 Å². The zero-order chi connectivity index (χ0) is 66.5. The number of hydrogen-bond donors (Lipinski definition) is 0. The van der Waals surface area contributed by atoms with Gasteiger partial charge in [-0.25, -0.2) is 44.9 Å². The van der Waals surface area contributed by atoms with E-state index in [-0.39, 0.29) is 0 Å². The van der Waals surface area contributed by atoms with Gasteiger partial charge in [0.15, 0.2) is 52.4 Å². The summed E-state index contributed by atoms with van der Waals surface area (Å²) in [4.78, 5) is 46.3. The number of para-hydroxylation sites is 2. The van der Waals surface area contributed by atoms with Crippen LogP contribution in [-0.2, 0) is 0 Å². The van der Waals surface area contributed by atoms with Crippen LogP contribution in [0.5, 0.6) is 0 Å². The standard InChI is InChI=1S/C88H54N12/c89-55-56-24-23-37-63(50-56)70-51-64(42-46-76(70)99-74-40-21-19-38-68(74)72-53-66(44-48-78(72)99)87-95-82(59-29-11-3-12-30-59)91-83(96-87)60-31-13-4-14-32-60)71-52-65(86-93-80(57-25-7-1-8-26-57)90-81(94-86)58-27-9-2-10-28-58)43-47-77(71)100-75-41-22-20-39-69(75)73-54-67(45-49-79(73)100)88-97-84(61-33-15-5-16-34-61)92-85(98-88)62-35-17-6-18-36-62/h1-54H. The molecule has 0 aliphatic carbocycles. The van der Waals surface area contributed by atoms with E-state index >= 15 is 0 Å². The van der Waals surface area contributed by atoms with Gasteiger partial charge in [0.05, 0.1) is 45.1 Å². The molecule has 466 valence electrons. The van der Waals surface area contributed by atoms with Gasteiger partial charge in [-0.15, -0.1) is 0 Å². The van der Waals surface area contributed by atoms with E-state index in [1.165, 1.54) is 0 Å². The van der Waals surface area contributed by atoms with E-state index in [1.54, 1.807) is 0 Å². The van der Waals surface area contributed by atoms with E-state index in [1.807, 2.05) is 200 Å². The Bertz CT molecular complexity index is 6040. The van der Waals surface area contributed by atoms with Crippen molar-refractivity contribution in [2.24, 2.45) is 0 Å². The summed E-state index contributed by atoms with van der Waals surface area (Å²) < 4.78 is 4.70. The predicted molar refractivity (Wildman–Crippen MR) is 400 cm³/mol. The first-order valence-corrected chi connectivity index (χ1v) is 33.0. The Hall–Kier alpha value is -14.0. The Morgan fingerprint density at radius 3 is 0.810 bits per heavy atom. The minimum Gasteiger partial charge on any atom is -0.309 e. The van der Waals surface area contributed by atoms with E-state index in [4.69, 9.17) is 44.9 Å². The van der Waals surface area contributed by atoms with Gasteiger partial charge in [-0.05, 0) is 102 Å². The van der Waals surface area contributed by atoms with Crippen LogP contribution in [0, 0.1) is 11.3 Å². The summed E-state index contributed by atoms with van der Waals surface area (Å²) in [5, 5.41) is 14.7. The topological polar surface area (TPSA) is 150 Å². The second-order valence-electron chi connectivity index (χ2n) is 24.4. The largest absolute Gasteiger partial charge is 0.309 e. The molecule has 0 radical (unpaired) electrons. The molecule has 12 nitrogen and oxygen atoms in total. The van der Waals surface area contributed by atoms with Crippen LogP contribution in [0.3, 0.4) is 0 Å². The number of aromatic nitrogens is 11. The highest BCUT2D eigenvalue weighted by atomic mass is 15.1. The summed E-state index contributed by atoms with van der Waals surface area (Å²) in [6.07, 6.45) is 0. The lowest BCUT2D eigenvalue weighted by Gasteiger charge is -2.19. The van der Waals surface area contributed by atoms with Crippen LogP contribution in [0.2, 0.25) is 0 Å². The van der Waals surface area contributed by atoms with Gasteiger partial charge in [-0.3, -0.25) is 0 Å². The summed E-state index contributed by atoms with van der Waals surface area (Å²) in [5.41, 5.74) is 17.7. The molecular weight excluding hydrogens is 1230 g/mol. The molecule has 0 saturated carbocycles. The van der Waals surface area contributed by atoms with E-state index in [9.17, 15) is 5.26 Å². The van der Waals surface area contributed by atoms with Crippen molar-refractivity contribution in [1.29, 1.82) is 5.26 Å². The molecule has 0 unspecified atom stereocenters. The molecule has 12 heteroatoms. The van der Waals surface area contributed by atoms with Crippen LogP contribution in [-0.4, -0.2) is 54.0 Å². The maximum absolute atomic E-state index is 10.6. The molecule has 5 aromatic heterocycles. The highest BCUT2D eigenvalue weighted by molar-refractivity contribution is 6.12. The Morgan fingerprint density at radius 1 is 0.200 bits per heavy atom. The normalized spacial score (nSPS) is 11.4. The Balaban J connectivity index is 0.856. The molecular formula is C88H54N12. The SMILES string of the molecule is N#Cc1cccc(-c2cc(-c3cc(-c4nc(-c5ccccc5)nc(-c5ccccc5)n4)ccc3-n3c4ccccc4c4cc(-c5nc(-c6ccccc6)nc(-c6ccccc6)n5)ccc43)ccc2-n2c3ccccc3c3cc(-c4nc(-c5ccccc5)nc(-c5ccccc5)n4)ccc32)c1. The molecule has 100 heavy (non-hydrogen) atoms. The lowest BCUT2D eigenvalue weighted by Crippen LogP contribution is -2.03. The summed E-state index contributed by atoms with van der Waals surface area (Å²) in [6.45, 7) is 0. The lowest BCUT2D eigenvalue weighted by atomic mass is 9.94. The molecule has 0 bridgehead atoms. The summed E-state index contributed by atoms with van der Waals surface area (Å²) >= 11 is 0. The molecule has 0 amide bonds. The molecule has 0 atom stereocenters. The Kier molecular flexibility index (Phi) is 14.6. The number of nitriles is 1. The summed E-state index contributed by atoms with van der Waals surface area (Å²) in [5.74, 6) is 5.11. The predicted octanol–water partition coefficient (Wildman–Crippen LogP) is 20.6. The van der Waals surface area contributed by atoms with Crippen molar-refractivity contribution in [3.05, 3.63) is 333 Å². The van der Waals surface area contributed by atoms with Gasteiger partial charge in [0.2, 0.25) is 0 Å². The van der Waals surface area contributed by atoms with Gasteiger partial charge in [0, 0.05) is 82.7 Å². The van der Waals surface area contributed by atoms with Gasteiger partial charge in [-0.1, -0.05) is 237 Å². The zero-order valence-electron chi connectivity index (χ0n) is 53.5. The monoisotopic (exact) mass is 1280 g/mol. The first kappa shape index (κ1) is 58.5. The highest BCUT2D eigenvalue weighted by Crippen LogP contribution is 2.44. The number of fused-ring (bicyclic) bond motifs is 6. The molecule has 0 N–H and O–H groups in total. The van der Waals surface area contributed by atoms with Crippen molar-refractivity contribution in [2.75, 3.05) is 0 Å². The number of nitrogens with zero attached hydrogens (tertiary/aromatic N) is 12. The third kappa shape index (κ3) is 10.7. The van der Waals surface area contributed by atoms with Gasteiger partial charge >= 0.3 is 0 Å². The fourth-order valence-corrected chi connectivity index (χ4v) is 13.5. The van der Waals surface area contributed by atoms with Crippen molar-refractivity contribution < 1.29 is 0 Å². The first-order chi connectivity index (χ1) is 49.5. The maximum Gasteiger partial charge on any atom is 0.164 e. The number of rotatable bonds is 13. The minimum atomic E-state index is 0.516. The fourth-order valence-electron chi connectivity index (χ4n) is 13.5. The van der Waals surface area contributed by atoms with Crippen molar-refractivity contribution in [3.63, 3.8) is 0 Å².